The fraction of sp³-hybridized carbons (Fsp3) is 0.0625. The van der Waals surface area contributed by atoms with E-state index in [1.807, 2.05) is 0 Å². The number of anilines is 1. The molecule has 0 fully saturated rings. The number of nitro benzene ring substituents is 1. The number of carbonyl (C=O) groups excluding carboxylic acids is 2. The van der Waals surface area contributed by atoms with Crippen molar-refractivity contribution in [3.63, 3.8) is 0 Å². The van der Waals surface area contributed by atoms with Gasteiger partial charge in [0.05, 0.1) is 16.0 Å². The zero-order valence-electron chi connectivity index (χ0n) is 14.6. The van der Waals surface area contributed by atoms with Gasteiger partial charge in [0, 0.05) is 12.1 Å². The molecule has 1 amide bonds. The number of non-ortho nitro benzene ring substituents is 1. The zero-order chi connectivity index (χ0) is 21.9. The average Bonchev–Trinajstić information content (AvgIpc) is 3.35. The van der Waals surface area contributed by atoms with E-state index in [2.05, 4.69) is 26.2 Å². The Hall–Kier alpha value is -3.10. The summed E-state index contributed by atoms with van der Waals surface area (Å²) in [4.78, 5) is 37.3. The van der Waals surface area contributed by atoms with Crippen molar-refractivity contribution in [2.24, 2.45) is 0 Å². The molecule has 0 saturated carbocycles. The van der Waals surface area contributed by atoms with Gasteiger partial charge < -0.3 is 9.15 Å². The van der Waals surface area contributed by atoms with Crippen molar-refractivity contribution in [3.05, 3.63) is 63.1 Å². The molecule has 0 saturated heterocycles. The van der Waals surface area contributed by atoms with E-state index in [-0.39, 0.29) is 25.7 Å². The summed E-state index contributed by atoms with van der Waals surface area (Å²) in [7, 11) is -3.98. The molecule has 1 N–H and O–H groups in total. The first-order chi connectivity index (χ1) is 14.2. The summed E-state index contributed by atoms with van der Waals surface area (Å²) in [6.45, 7) is -0.638. The average molecular weight is 516 g/mol. The van der Waals surface area contributed by atoms with Gasteiger partial charge in [0.25, 0.3) is 11.6 Å². The number of benzene rings is 1. The molecule has 2 aromatic heterocycles. The third-order valence-electron chi connectivity index (χ3n) is 3.46. The number of aromatic nitrogens is 1. The zero-order valence-corrected chi connectivity index (χ0v) is 17.8. The second-order valence-electron chi connectivity index (χ2n) is 5.47. The molecule has 0 unspecified atom stereocenters. The van der Waals surface area contributed by atoms with Gasteiger partial charge >= 0.3 is 5.97 Å². The van der Waals surface area contributed by atoms with E-state index in [1.54, 1.807) is 0 Å². The summed E-state index contributed by atoms with van der Waals surface area (Å²) in [5.41, 5.74) is -0.248. The standard InChI is InChI=1S/C16H10BrN3O8S2/c17-12-6-5-11(28-12)15(22)27-8-13(21)19-16-18-7-14(29-16)30(25,26)10-3-1-9(2-4-10)20(23)24/h1-7H,8H2,(H,18,19,21). The molecule has 0 radical (unpaired) electrons. The number of hydrogen-bond donors (Lipinski definition) is 1. The van der Waals surface area contributed by atoms with Gasteiger partial charge in [0.15, 0.2) is 16.4 Å². The first-order valence-electron chi connectivity index (χ1n) is 7.84. The molecular formula is C16H10BrN3O8S2. The quantitative estimate of drug-likeness (QED) is 0.283. The van der Waals surface area contributed by atoms with E-state index >= 15 is 0 Å². The molecule has 2 heterocycles. The summed E-state index contributed by atoms with van der Waals surface area (Å²) < 4.78 is 35.1. The second kappa shape index (κ2) is 8.73. The number of nitrogens with one attached hydrogen (secondary N) is 1. The molecule has 3 rings (SSSR count). The van der Waals surface area contributed by atoms with Crippen LogP contribution in [0.3, 0.4) is 0 Å². The minimum Gasteiger partial charge on any atom is -0.450 e. The van der Waals surface area contributed by atoms with Gasteiger partial charge in [-0.3, -0.25) is 20.2 Å². The topological polar surface area (TPSA) is 159 Å². The van der Waals surface area contributed by atoms with E-state index in [4.69, 9.17) is 9.15 Å². The Kier molecular flexibility index (Phi) is 6.28. The Morgan fingerprint density at radius 3 is 2.53 bits per heavy atom. The minimum atomic E-state index is -3.98. The summed E-state index contributed by atoms with van der Waals surface area (Å²) >= 11 is 3.71. The van der Waals surface area contributed by atoms with Gasteiger partial charge in [-0.25, -0.2) is 18.2 Å². The largest absolute Gasteiger partial charge is 0.450 e. The number of nitro groups is 1. The van der Waals surface area contributed by atoms with Crippen molar-refractivity contribution in [1.82, 2.24) is 4.98 Å². The van der Waals surface area contributed by atoms with Crippen molar-refractivity contribution in [2.75, 3.05) is 11.9 Å². The van der Waals surface area contributed by atoms with Crippen LogP contribution in [0.1, 0.15) is 10.6 Å². The fourth-order valence-electron chi connectivity index (χ4n) is 2.09. The van der Waals surface area contributed by atoms with Crippen LogP contribution in [0.5, 0.6) is 0 Å². The Bertz CT molecular complexity index is 1220. The van der Waals surface area contributed by atoms with Gasteiger partial charge in [-0.15, -0.1) is 0 Å². The molecule has 0 bridgehead atoms. The Labute approximate surface area is 180 Å². The summed E-state index contributed by atoms with van der Waals surface area (Å²) in [5.74, 6) is -1.68. The van der Waals surface area contributed by atoms with Crippen molar-refractivity contribution in [1.29, 1.82) is 0 Å². The van der Waals surface area contributed by atoms with Crippen molar-refractivity contribution >= 4 is 59.8 Å². The van der Waals surface area contributed by atoms with E-state index in [0.29, 0.717) is 16.0 Å². The van der Waals surface area contributed by atoms with Gasteiger partial charge in [-0.1, -0.05) is 11.3 Å². The van der Waals surface area contributed by atoms with Gasteiger partial charge in [-0.05, 0) is 40.2 Å². The maximum absolute atomic E-state index is 12.6. The van der Waals surface area contributed by atoms with Crippen molar-refractivity contribution < 1.29 is 32.1 Å². The number of ether oxygens (including phenoxy) is 1. The number of rotatable bonds is 7. The van der Waals surface area contributed by atoms with Gasteiger partial charge in [0.1, 0.15) is 4.21 Å². The Balaban J connectivity index is 1.63. The summed E-state index contributed by atoms with van der Waals surface area (Å²) in [6, 6.07) is 7.21. The van der Waals surface area contributed by atoms with Crippen LogP contribution in [0.15, 0.2) is 60.8 Å². The lowest BCUT2D eigenvalue weighted by atomic mass is 10.3. The fourth-order valence-corrected chi connectivity index (χ4v) is 4.84. The highest BCUT2D eigenvalue weighted by Crippen LogP contribution is 2.29. The molecule has 0 atom stereocenters. The van der Waals surface area contributed by atoms with Crippen molar-refractivity contribution in [2.45, 2.75) is 9.10 Å². The monoisotopic (exact) mass is 515 g/mol. The highest BCUT2D eigenvalue weighted by Gasteiger charge is 2.23. The minimum absolute atomic E-state index is 0.0303. The lowest BCUT2D eigenvalue weighted by Gasteiger charge is -2.03. The summed E-state index contributed by atoms with van der Waals surface area (Å²) in [6.07, 6.45) is 1.05. The number of esters is 1. The highest BCUT2D eigenvalue weighted by atomic mass is 79.9. The molecule has 30 heavy (non-hydrogen) atoms. The molecule has 1 aromatic carbocycles. The lowest BCUT2D eigenvalue weighted by molar-refractivity contribution is -0.384. The molecule has 0 aliphatic carbocycles. The number of sulfone groups is 1. The normalized spacial score (nSPS) is 11.1. The third-order valence-corrected chi connectivity index (χ3v) is 7.03. The van der Waals surface area contributed by atoms with Crippen LogP contribution in [-0.4, -0.2) is 36.8 Å². The molecule has 0 spiro atoms. The second-order valence-corrected chi connectivity index (χ2v) is 9.46. The van der Waals surface area contributed by atoms with Crippen LogP contribution in [-0.2, 0) is 19.4 Å². The van der Waals surface area contributed by atoms with Crippen LogP contribution in [0.2, 0.25) is 0 Å². The number of thiazole rings is 1. The number of carbonyl (C=O) groups is 2. The smallest absolute Gasteiger partial charge is 0.374 e. The van der Waals surface area contributed by atoms with Gasteiger partial charge in [-0.2, -0.15) is 0 Å². The molecule has 0 aliphatic rings. The number of furan rings is 1. The molecule has 0 aliphatic heterocycles. The van der Waals surface area contributed by atoms with E-state index in [1.165, 1.54) is 12.1 Å². The number of halogens is 1. The lowest BCUT2D eigenvalue weighted by Crippen LogP contribution is -2.20. The van der Waals surface area contributed by atoms with Crippen LogP contribution >= 0.6 is 27.3 Å². The first kappa shape index (κ1) is 21.6. The van der Waals surface area contributed by atoms with Crippen molar-refractivity contribution in [3.8, 4) is 0 Å². The molecular weight excluding hydrogens is 506 g/mol. The molecule has 3 aromatic rings. The molecule has 14 heteroatoms. The maximum atomic E-state index is 12.6. The Morgan fingerprint density at radius 2 is 1.93 bits per heavy atom. The van der Waals surface area contributed by atoms with Gasteiger partial charge in [0.2, 0.25) is 15.6 Å². The number of nitrogens with zero attached hydrogens (tertiary/aromatic N) is 2. The van der Waals surface area contributed by atoms with Crippen LogP contribution in [0.25, 0.3) is 0 Å². The maximum Gasteiger partial charge on any atom is 0.374 e. The Morgan fingerprint density at radius 1 is 1.23 bits per heavy atom. The molecule has 156 valence electrons. The first-order valence-corrected chi connectivity index (χ1v) is 10.9. The van der Waals surface area contributed by atoms with Crippen LogP contribution in [0, 0.1) is 10.1 Å². The molecule has 11 nitrogen and oxygen atoms in total. The number of amides is 1. The van der Waals surface area contributed by atoms with E-state index in [9.17, 15) is 28.1 Å². The predicted octanol–water partition coefficient (Wildman–Crippen LogP) is 3.04. The highest BCUT2D eigenvalue weighted by molar-refractivity contribution is 9.10. The predicted molar refractivity (Wildman–Crippen MR) is 106 cm³/mol. The summed E-state index contributed by atoms with van der Waals surface area (Å²) in [5, 5.41) is 13.0. The number of hydrogen-bond acceptors (Lipinski definition) is 10. The SMILES string of the molecule is O=C(COC(=O)c1ccc(Br)o1)Nc1ncc(S(=O)(=O)c2ccc([N+](=O)[O-])cc2)s1. The van der Waals surface area contributed by atoms with Crippen LogP contribution in [0.4, 0.5) is 10.8 Å². The van der Waals surface area contributed by atoms with Crippen LogP contribution < -0.4 is 5.32 Å². The van der Waals surface area contributed by atoms with E-state index < -0.39 is 33.2 Å². The third kappa shape index (κ3) is 4.90. The van der Waals surface area contributed by atoms with E-state index in [0.717, 1.165) is 30.5 Å².